The maximum absolute atomic E-state index is 11.1. The van der Waals surface area contributed by atoms with Gasteiger partial charge in [-0.25, -0.2) is 29.9 Å². The van der Waals surface area contributed by atoms with Crippen molar-refractivity contribution >= 4 is 99.2 Å². The summed E-state index contributed by atoms with van der Waals surface area (Å²) in [4.78, 5) is 26.9. The van der Waals surface area contributed by atoms with E-state index in [1.165, 1.54) is 0 Å². The van der Waals surface area contributed by atoms with Crippen LogP contribution in [0.15, 0.2) is 181 Å². The van der Waals surface area contributed by atoms with E-state index in [4.69, 9.17) is 17.2 Å². The molecule has 3 spiro atoms. The number of aromatic nitrogens is 9. The highest BCUT2D eigenvalue weighted by Gasteiger charge is 2.59. The molecule has 3 aliphatic heterocycles. The first kappa shape index (κ1) is 60.4. The highest BCUT2D eigenvalue weighted by Crippen LogP contribution is 2.56. The maximum atomic E-state index is 11.1. The fourth-order valence-electron chi connectivity index (χ4n) is 16.8. The molecule has 3 saturated heterocycles. The van der Waals surface area contributed by atoms with Crippen molar-refractivity contribution in [3.8, 4) is 0 Å². The van der Waals surface area contributed by atoms with E-state index in [9.17, 15) is 30.6 Å². The number of hydrogen-bond donors (Lipinski definition) is 12. The molecule has 12 aromatic rings. The van der Waals surface area contributed by atoms with Gasteiger partial charge in [0.2, 0.25) is 0 Å². The molecule has 3 saturated carbocycles. The van der Waals surface area contributed by atoms with Crippen LogP contribution in [0.4, 0.5) is 17.5 Å². The van der Waals surface area contributed by atoms with Gasteiger partial charge in [0.05, 0.1) is 57.5 Å². The van der Waals surface area contributed by atoms with Gasteiger partial charge in [-0.2, -0.15) is 0 Å². The topological polar surface area (TPSA) is 328 Å². The molecule has 480 valence electrons. The summed E-state index contributed by atoms with van der Waals surface area (Å²) in [5, 5.41) is 83.3. The first-order valence-corrected chi connectivity index (χ1v) is 33.0. The quantitative estimate of drug-likeness (QED) is 0.0743. The highest BCUT2D eigenvalue weighted by atomic mass is 79.9. The van der Waals surface area contributed by atoms with Gasteiger partial charge in [0.25, 0.3) is 0 Å². The van der Waals surface area contributed by atoms with Gasteiger partial charge in [-0.1, -0.05) is 36.4 Å². The van der Waals surface area contributed by atoms with Crippen molar-refractivity contribution < 1.29 is 30.6 Å². The van der Waals surface area contributed by atoms with Crippen LogP contribution in [0.1, 0.15) is 91.5 Å². The molecule has 22 heteroatoms. The number of benzene rings is 3. The lowest BCUT2D eigenvalue weighted by atomic mass is 9.80. The molecule has 0 unspecified atom stereocenters. The fourth-order valence-corrected chi connectivity index (χ4v) is 17.2. The van der Waals surface area contributed by atoms with Gasteiger partial charge in [0.15, 0.2) is 0 Å². The molecule has 6 aliphatic rings. The summed E-state index contributed by atoms with van der Waals surface area (Å²) in [6.07, 6.45) is 10.6. The number of nitrogens with zero attached hydrogens (tertiary/aromatic N) is 9. The highest BCUT2D eigenvalue weighted by molar-refractivity contribution is 9.10. The van der Waals surface area contributed by atoms with Crippen LogP contribution in [0.3, 0.4) is 0 Å². The molecule has 15 atom stereocenters. The van der Waals surface area contributed by atoms with Crippen molar-refractivity contribution in [2.24, 2.45) is 16.2 Å². The standard InChI is InChI=1S/C24H24BrN5O2.2C24H25N5O2/c25-16-8-14-3-4-15(9-17(14)29-22(16)26)18-10-24(12-28-18)11-19(20(31)21(24)32)30-7-5-13-2-1-6-27-23(13)30;2*25-20-6-5-14-3-4-16(10-17(14)28-20)18-11-24(13-27-18)12-19(21(30)22(24)31)29-9-7-15-2-1-8-26-23(15)29/h1-9,18-21,28,31-32H,10-12H2,(H2,26,29);2*1-10,18-19,21-22,27,30-31H,11-13H2,(H2,25,28)/t18-,19-,20+,21+,24+;18-,19+,21-,22-,24-;18-,19-,21+,22+,24+/m101/s1. The molecule has 18 rings (SSSR count). The van der Waals surface area contributed by atoms with E-state index in [0.717, 1.165) is 106 Å². The van der Waals surface area contributed by atoms with E-state index in [1.54, 1.807) is 30.7 Å². The molecule has 0 radical (unpaired) electrons. The van der Waals surface area contributed by atoms with Crippen LogP contribution in [-0.2, 0) is 0 Å². The van der Waals surface area contributed by atoms with E-state index in [0.29, 0.717) is 56.4 Å². The van der Waals surface area contributed by atoms with Crippen molar-refractivity contribution in [1.82, 2.24) is 59.6 Å². The number of pyridine rings is 6. The summed E-state index contributed by atoms with van der Waals surface area (Å²) in [7, 11) is 0. The molecule has 9 aromatic heterocycles. The third-order valence-electron chi connectivity index (χ3n) is 21.8. The summed E-state index contributed by atoms with van der Waals surface area (Å²) in [6, 6.07) is 45.6. The van der Waals surface area contributed by atoms with Crippen LogP contribution in [0.5, 0.6) is 0 Å². The lowest BCUT2D eigenvalue weighted by Gasteiger charge is -2.27. The first-order valence-electron chi connectivity index (χ1n) is 32.2. The summed E-state index contributed by atoms with van der Waals surface area (Å²) in [5.74, 6) is 1.48. The van der Waals surface area contributed by atoms with Gasteiger partial charge in [-0.15, -0.1) is 0 Å². The van der Waals surface area contributed by atoms with Gasteiger partial charge < -0.3 is 77.5 Å². The second kappa shape index (κ2) is 23.4. The van der Waals surface area contributed by atoms with E-state index in [2.05, 4.69) is 116 Å². The van der Waals surface area contributed by atoms with Crippen LogP contribution >= 0.6 is 15.9 Å². The molecule has 21 nitrogen and oxygen atoms in total. The van der Waals surface area contributed by atoms with Crippen molar-refractivity contribution in [3.63, 3.8) is 0 Å². The Bertz CT molecular complexity index is 4670. The Morgan fingerprint density at radius 1 is 0.394 bits per heavy atom. The summed E-state index contributed by atoms with van der Waals surface area (Å²) in [6.45, 7) is 1.95. The minimum absolute atomic E-state index is 0.0752. The van der Waals surface area contributed by atoms with Crippen molar-refractivity contribution in [2.75, 3.05) is 36.8 Å². The number of rotatable bonds is 6. The number of anilines is 3. The number of aliphatic hydroxyl groups is 6. The van der Waals surface area contributed by atoms with Gasteiger partial charge in [0, 0.05) is 124 Å². The molecule has 0 amide bonds. The Hall–Kier alpha value is -8.52. The lowest BCUT2D eigenvalue weighted by molar-refractivity contribution is -0.0218. The molecular weight excluding hydrogens is 1250 g/mol. The van der Waals surface area contributed by atoms with Crippen LogP contribution in [0.25, 0.3) is 65.8 Å². The van der Waals surface area contributed by atoms with Crippen molar-refractivity contribution in [1.29, 1.82) is 0 Å². The van der Waals surface area contributed by atoms with Gasteiger partial charge in [0.1, 0.15) is 52.7 Å². The Labute approximate surface area is 548 Å². The molecule has 0 bridgehead atoms. The van der Waals surface area contributed by atoms with Crippen molar-refractivity contribution in [3.05, 3.63) is 198 Å². The molecule has 15 N–H and O–H groups in total. The lowest BCUT2D eigenvalue weighted by Crippen LogP contribution is -2.38. The largest absolute Gasteiger partial charge is 0.390 e. The van der Waals surface area contributed by atoms with Crippen LogP contribution in [-0.4, -0.2) is 131 Å². The van der Waals surface area contributed by atoms with Crippen molar-refractivity contribution in [2.45, 2.75) is 111 Å². The minimum atomic E-state index is -0.844. The zero-order valence-electron chi connectivity index (χ0n) is 51.4. The fraction of sp³-hybridized carbons (Fsp3) is 0.333. The normalized spacial score (nSPS) is 30.5. The zero-order chi connectivity index (χ0) is 64.4. The number of hydrogen-bond acceptors (Lipinski definition) is 18. The summed E-state index contributed by atoms with van der Waals surface area (Å²) < 4.78 is 6.85. The van der Waals surface area contributed by atoms with Crippen LogP contribution in [0, 0.1) is 16.2 Å². The van der Waals surface area contributed by atoms with E-state index in [1.807, 2.05) is 105 Å². The Balaban J connectivity index is 0.000000112. The third-order valence-corrected chi connectivity index (χ3v) is 22.5. The Kier molecular flexibility index (Phi) is 15.1. The predicted octanol–water partition coefficient (Wildman–Crippen LogP) is 8.43. The van der Waals surface area contributed by atoms with Gasteiger partial charge in [-0.05, 0) is 174 Å². The van der Waals surface area contributed by atoms with Gasteiger partial charge >= 0.3 is 0 Å². The smallest absolute Gasteiger partial charge is 0.140 e. The molecular formula is C72H74BrN15O6. The molecule has 12 heterocycles. The van der Waals surface area contributed by atoms with E-state index >= 15 is 0 Å². The second-order valence-electron chi connectivity index (χ2n) is 27.2. The second-order valence-corrected chi connectivity index (χ2v) is 28.1. The molecule has 94 heavy (non-hydrogen) atoms. The molecule has 6 fully saturated rings. The van der Waals surface area contributed by atoms with Gasteiger partial charge in [-0.3, -0.25) is 0 Å². The maximum Gasteiger partial charge on any atom is 0.140 e. The molecule has 3 aromatic carbocycles. The average Bonchev–Trinajstić information content (AvgIpc) is 1.60. The average molecular weight is 1330 g/mol. The Morgan fingerprint density at radius 2 is 0.734 bits per heavy atom. The minimum Gasteiger partial charge on any atom is -0.390 e. The number of nitrogens with one attached hydrogen (secondary N) is 3. The first-order chi connectivity index (χ1) is 45.5. The predicted molar refractivity (Wildman–Crippen MR) is 366 cm³/mol. The number of aliphatic hydroxyl groups excluding tert-OH is 6. The van der Waals surface area contributed by atoms with Crippen LogP contribution < -0.4 is 33.2 Å². The number of nitrogen functional groups attached to an aromatic ring is 3. The zero-order valence-corrected chi connectivity index (χ0v) is 52.9. The van der Waals surface area contributed by atoms with Crippen LogP contribution in [0.2, 0.25) is 0 Å². The number of fused-ring (bicyclic) bond motifs is 6. The number of halogens is 1. The monoisotopic (exact) mass is 1320 g/mol. The summed E-state index contributed by atoms with van der Waals surface area (Å²) in [5.41, 5.74) is 25.0. The number of nitrogens with two attached hydrogens (primary N) is 3. The third kappa shape index (κ3) is 10.3. The Morgan fingerprint density at radius 3 is 1.11 bits per heavy atom. The summed E-state index contributed by atoms with van der Waals surface area (Å²) >= 11 is 3.43. The van der Waals surface area contributed by atoms with E-state index < -0.39 is 52.9 Å². The molecule has 3 aliphatic carbocycles. The van der Waals surface area contributed by atoms with E-state index in [-0.39, 0.29) is 36.3 Å². The SMILES string of the molecule is Nc1ccc2ccc([C@@H]3C[C@@]4(CN3)C[C@@H](n3ccc5cccnc53)[C@H](O)[C@@H]4O)cc2n1.Nc1ccc2ccc([C@H]3C[C@@]4(CN3)C[C@@H](n3ccc5cccnc53)[C@H](O)[C@@H]4O)cc2n1.Nc1nc2cc([C@H]3C[C@@]4(CN3)C[C@@H](n3ccc5cccnc53)[C@H](O)[C@@H]4O)ccc2cc1Br.